The van der Waals surface area contributed by atoms with Crippen LogP contribution in [0.1, 0.15) is 0 Å². The predicted octanol–water partition coefficient (Wildman–Crippen LogP) is 2.94. The van der Waals surface area contributed by atoms with E-state index in [1.54, 1.807) is 30.3 Å². The summed E-state index contributed by atoms with van der Waals surface area (Å²) in [6.45, 7) is 0.342. The van der Waals surface area contributed by atoms with Crippen LogP contribution in [0.5, 0.6) is 5.75 Å². The molecule has 0 atom stereocenters. The lowest BCUT2D eigenvalue weighted by molar-refractivity contribution is 0.372. The first-order valence-electron chi connectivity index (χ1n) is 5.83. The Morgan fingerprint density at radius 2 is 1.95 bits per heavy atom. The Morgan fingerprint density at radius 1 is 1.16 bits per heavy atom. The lowest BCUT2D eigenvalue weighted by Gasteiger charge is -2.18. The third-order valence-corrected chi connectivity index (χ3v) is 2.74. The Morgan fingerprint density at radius 3 is 2.74 bits per heavy atom. The fourth-order valence-electron chi connectivity index (χ4n) is 1.83. The Kier molecular flexibility index (Phi) is 2.79. The van der Waals surface area contributed by atoms with Gasteiger partial charge in [0, 0.05) is 11.4 Å². The summed E-state index contributed by atoms with van der Waals surface area (Å²) in [6, 6.07) is 11.4. The average molecular weight is 257 g/mol. The molecule has 0 radical (unpaired) electrons. The molecule has 3 N–H and O–H groups in total. The van der Waals surface area contributed by atoms with Gasteiger partial charge < -0.3 is 15.8 Å². The van der Waals surface area contributed by atoms with Crippen LogP contribution in [0.15, 0.2) is 47.5 Å². The number of benzene rings is 2. The van der Waals surface area contributed by atoms with E-state index in [1.807, 2.05) is 0 Å². The quantitative estimate of drug-likeness (QED) is 0.772. The van der Waals surface area contributed by atoms with Crippen molar-refractivity contribution >= 4 is 22.9 Å². The Balaban J connectivity index is 1.85. The highest BCUT2D eigenvalue weighted by Crippen LogP contribution is 2.32. The zero-order valence-corrected chi connectivity index (χ0v) is 10.1. The molecule has 96 valence electrons. The first kappa shape index (κ1) is 11.5. The molecule has 5 heteroatoms. The molecule has 3 rings (SSSR count). The van der Waals surface area contributed by atoms with Crippen molar-refractivity contribution < 1.29 is 9.13 Å². The number of hydrogen-bond acceptors (Lipinski definition) is 4. The van der Waals surface area contributed by atoms with Gasteiger partial charge in [0.2, 0.25) is 0 Å². The van der Waals surface area contributed by atoms with Gasteiger partial charge >= 0.3 is 0 Å². The molecule has 1 heterocycles. The van der Waals surface area contributed by atoms with E-state index in [2.05, 4.69) is 10.3 Å². The van der Waals surface area contributed by atoms with Crippen LogP contribution in [-0.4, -0.2) is 12.4 Å². The summed E-state index contributed by atoms with van der Waals surface area (Å²) in [4.78, 5) is 4.43. The monoisotopic (exact) mass is 257 g/mol. The van der Waals surface area contributed by atoms with Gasteiger partial charge in [-0.3, -0.25) is 0 Å². The fourth-order valence-corrected chi connectivity index (χ4v) is 1.83. The van der Waals surface area contributed by atoms with E-state index < -0.39 is 0 Å². The standard InChI is InChI=1S/C14H12FN3O/c15-9-1-4-11(5-2-9)17-14-8-19-13-6-3-10(16)7-12(13)18-14/h1-7H,8,16H2,(H,17,18). The van der Waals surface area contributed by atoms with Gasteiger partial charge in [-0.25, -0.2) is 9.38 Å². The van der Waals surface area contributed by atoms with E-state index in [0.29, 0.717) is 29.6 Å². The zero-order chi connectivity index (χ0) is 13.2. The number of aliphatic imine (C=N–C) groups is 1. The molecule has 0 spiro atoms. The van der Waals surface area contributed by atoms with Gasteiger partial charge in [0.05, 0.1) is 0 Å². The van der Waals surface area contributed by atoms with Crippen molar-refractivity contribution in [3.63, 3.8) is 0 Å². The Labute approximate surface area is 109 Å². The summed E-state index contributed by atoms with van der Waals surface area (Å²) in [6.07, 6.45) is 0. The van der Waals surface area contributed by atoms with Gasteiger partial charge in [-0.2, -0.15) is 0 Å². The molecule has 0 saturated carbocycles. The molecule has 0 unspecified atom stereocenters. The van der Waals surface area contributed by atoms with E-state index in [0.717, 1.165) is 5.69 Å². The molecule has 0 fully saturated rings. The lowest BCUT2D eigenvalue weighted by Crippen LogP contribution is -2.23. The molecule has 0 saturated heterocycles. The van der Waals surface area contributed by atoms with Crippen molar-refractivity contribution in [2.75, 3.05) is 17.7 Å². The Hall–Kier alpha value is -2.56. The van der Waals surface area contributed by atoms with Crippen molar-refractivity contribution in [1.29, 1.82) is 0 Å². The molecule has 1 aliphatic heterocycles. The van der Waals surface area contributed by atoms with Crippen molar-refractivity contribution in [3.05, 3.63) is 48.3 Å². The molecule has 0 bridgehead atoms. The van der Waals surface area contributed by atoms with E-state index in [9.17, 15) is 4.39 Å². The largest absolute Gasteiger partial charge is 0.483 e. The highest BCUT2D eigenvalue weighted by molar-refractivity contribution is 5.99. The minimum absolute atomic E-state index is 0.273. The number of rotatable bonds is 1. The molecular weight excluding hydrogens is 245 g/mol. The van der Waals surface area contributed by atoms with Gasteiger partial charge in [0.1, 0.15) is 29.7 Å². The SMILES string of the molecule is Nc1ccc2c(c1)N=C(Nc1ccc(F)cc1)CO2. The van der Waals surface area contributed by atoms with Gasteiger partial charge in [-0.1, -0.05) is 0 Å². The smallest absolute Gasteiger partial charge is 0.146 e. The molecule has 0 aromatic heterocycles. The summed E-state index contributed by atoms with van der Waals surface area (Å²) in [7, 11) is 0. The number of ether oxygens (including phenoxy) is 1. The van der Waals surface area contributed by atoms with Crippen molar-refractivity contribution in [2.24, 2.45) is 4.99 Å². The number of nitrogen functional groups attached to an aromatic ring is 1. The van der Waals surface area contributed by atoms with Crippen LogP contribution >= 0.6 is 0 Å². The third kappa shape index (κ3) is 2.49. The van der Waals surface area contributed by atoms with E-state index in [4.69, 9.17) is 10.5 Å². The van der Waals surface area contributed by atoms with Crippen molar-refractivity contribution in [2.45, 2.75) is 0 Å². The van der Waals surface area contributed by atoms with Gasteiger partial charge in [0.25, 0.3) is 0 Å². The number of nitrogens with zero attached hydrogens (tertiary/aromatic N) is 1. The van der Waals surface area contributed by atoms with Gasteiger partial charge in [-0.05, 0) is 42.5 Å². The topological polar surface area (TPSA) is 59.6 Å². The predicted molar refractivity (Wildman–Crippen MR) is 73.5 cm³/mol. The van der Waals surface area contributed by atoms with E-state index >= 15 is 0 Å². The van der Waals surface area contributed by atoms with Crippen LogP contribution in [0.25, 0.3) is 0 Å². The van der Waals surface area contributed by atoms with Crippen LogP contribution in [-0.2, 0) is 0 Å². The minimum Gasteiger partial charge on any atom is -0.483 e. The van der Waals surface area contributed by atoms with Crippen LogP contribution in [0, 0.1) is 5.82 Å². The van der Waals surface area contributed by atoms with Crippen molar-refractivity contribution in [1.82, 2.24) is 0 Å². The molecule has 2 aromatic carbocycles. The highest BCUT2D eigenvalue weighted by Gasteiger charge is 2.13. The molecule has 4 nitrogen and oxygen atoms in total. The normalized spacial score (nSPS) is 13.2. The summed E-state index contributed by atoms with van der Waals surface area (Å²) < 4.78 is 18.4. The summed E-state index contributed by atoms with van der Waals surface area (Å²) in [5.74, 6) is 1.09. The molecule has 0 aliphatic carbocycles. The Bertz CT molecular complexity index is 638. The van der Waals surface area contributed by atoms with Crippen LogP contribution in [0.4, 0.5) is 21.5 Å². The van der Waals surface area contributed by atoms with Crippen LogP contribution in [0.3, 0.4) is 0 Å². The van der Waals surface area contributed by atoms with Crippen LogP contribution in [0.2, 0.25) is 0 Å². The fraction of sp³-hybridized carbons (Fsp3) is 0.0714. The summed E-state index contributed by atoms with van der Waals surface area (Å²) in [5, 5.41) is 3.09. The summed E-state index contributed by atoms with van der Waals surface area (Å²) in [5.41, 5.74) is 7.79. The zero-order valence-electron chi connectivity index (χ0n) is 10.1. The highest BCUT2D eigenvalue weighted by atomic mass is 19.1. The second kappa shape index (κ2) is 4.61. The number of hydrogen-bond donors (Lipinski definition) is 2. The second-order valence-corrected chi connectivity index (χ2v) is 4.21. The van der Waals surface area contributed by atoms with Gasteiger partial charge in [0.15, 0.2) is 0 Å². The average Bonchev–Trinajstić information content (AvgIpc) is 2.41. The number of fused-ring (bicyclic) bond motifs is 1. The molecule has 1 aliphatic rings. The molecule has 19 heavy (non-hydrogen) atoms. The maximum Gasteiger partial charge on any atom is 0.146 e. The van der Waals surface area contributed by atoms with E-state index in [1.165, 1.54) is 12.1 Å². The van der Waals surface area contributed by atoms with Gasteiger partial charge in [-0.15, -0.1) is 0 Å². The summed E-state index contributed by atoms with van der Waals surface area (Å²) >= 11 is 0. The van der Waals surface area contributed by atoms with Crippen LogP contribution < -0.4 is 15.8 Å². The maximum absolute atomic E-state index is 12.8. The number of nitrogens with two attached hydrogens (primary N) is 1. The maximum atomic E-state index is 12.8. The minimum atomic E-state index is -0.273. The first-order chi connectivity index (χ1) is 9.20. The second-order valence-electron chi connectivity index (χ2n) is 4.21. The van der Waals surface area contributed by atoms with E-state index in [-0.39, 0.29) is 5.82 Å². The molecule has 0 amide bonds. The number of nitrogens with one attached hydrogen (secondary N) is 1. The first-order valence-corrected chi connectivity index (χ1v) is 5.83. The number of amidine groups is 1. The third-order valence-electron chi connectivity index (χ3n) is 2.74. The number of halogens is 1. The lowest BCUT2D eigenvalue weighted by atomic mass is 10.2. The number of anilines is 2. The molecule has 2 aromatic rings. The van der Waals surface area contributed by atoms with Crippen molar-refractivity contribution in [3.8, 4) is 5.75 Å². The molecular formula is C14H12FN3O.